The average molecular weight is 329 g/mol. The van der Waals surface area contributed by atoms with E-state index in [1.54, 1.807) is 0 Å². The molecule has 0 radical (unpaired) electrons. The zero-order chi connectivity index (χ0) is 14.4. The SMILES string of the molecule is CC(N)CCC(=O)Nc1cc(Br)cc(OC(C)C)c1. The predicted molar refractivity (Wildman–Crippen MR) is 81.4 cm³/mol. The van der Waals surface area contributed by atoms with Crippen LogP contribution in [0.15, 0.2) is 22.7 Å². The number of rotatable bonds is 6. The van der Waals surface area contributed by atoms with Gasteiger partial charge < -0.3 is 15.8 Å². The van der Waals surface area contributed by atoms with E-state index in [0.29, 0.717) is 12.8 Å². The number of nitrogens with one attached hydrogen (secondary N) is 1. The standard InChI is InChI=1S/C14H21BrN2O2/c1-9(2)19-13-7-11(15)6-12(8-13)17-14(18)5-4-10(3)16/h6-10H,4-5,16H2,1-3H3,(H,17,18). The number of ether oxygens (including phenoxy) is 1. The largest absolute Gasteiger partial charge is 0.491 e. The fourth-order valence-corrected chi connectivity index (χ4v) is 2.03. The lowest BCUT2D eigenvalue weighted by Gasteiger charge is -2.13. The highest BCUT2D eigenvalue weighted by atomic mass is 79.9. The minimum atomic E-state index is -0.0362. The Morgan fingerprint density at radius 1 is 1.37 bits per heavy atom. The average Bonchev–Trinajstić information content (AvgIpc) is 2.24. The Morgan fingerprint density at radius 2 is 2.05 bits per heavy atom. The Kier molecular flexibility index (Phi) is 6.31. The first-order valence-electron chi connectivity index (χ1n) is 6.39. The summed E-state index contributed by atoms with van der Waals surface area (Å²) in [7, 11) is 0. The second kappa shape index (κ2) is 7.50. The van der Waals surface area contributed by atoms with E-state index in [1.165, 1.54) is 0 Å². The first kappa shape index (κ1) is 16.0. The highest BCUT2D eigenvalue weighted by Gasteiger charge is 2.07. The first-order valence-corrected chi connectivity index (χ1v) is 7.19. The molecule has 5 heteroatoms. The Balaban J connectivity index is 2.67. The number of halogens is 1. The molecule has 0 fully saturated rings. The summed E-state index contributed by atoms with van der Waals surface area (Å²) in [6.45, 7) is 5.81. The molecule has 106 valence electrons. The molecular weight excluding hydrogens is 308 g/mol. The summed E-state index contributed by atoms with van der Waals surface area (Å²) < 4.78 is 6.48. The lowest BCUT2D eigenvalue weighted by Crippen LogP contribution is -2.19. The molecule has 0 aromatic heterocycles. The van der Waals surface area contributed by atoms with Crippen LogP contribution in [0.25, 0.3) is 0 Å². The van der Waals surface area contributed by atoms with E-state index < -0.39 is 0 Å². The van der Waals surface area contributed by atoms with Crippen LogP contribution in [0.1, 0.15) is 33.6 Å². The Bertz CT molecular complexity index is 433. The molecule has 0 bridgehead atoms. The van der Waals surface area contributed by atoms with Crippen LogP contribution in [-0.4, -0.2) is 18.1 Å². The van der Waals surface area contributed by atoms with Gasteiger partial charge in [-0.2, -0.15) is 0 Å². The van der Waals surface area contributed by atoms with Gasteiger partial charge in [-0.3, -0.25) is 4.79 Å². The summed E-state index contributed by atoms with van der Waals surface area (Å²) in [5.41, 5.74) is 6.35. The molecule has 1 unspecified atom stereocenters. The number of hydrogen-bond acceptors (Lipinski definition) is 3. The topological polar surface area (TPSA) is 64.4 Å². The van der Waals surface area contributed by atoms with Crippen molar-refractivity contribution in [3.8, 4) is 5.75 Å². The summed E-state index contributed by atoms with van der Waals surface area (Å²) in [5, 5.41) is 2.85. The van der Waals surface area contributed by atoms with E-state index in [-0.39, 0.29) is 18.1 Å². The highest BCUT2D eigenvalue weighted by Crippen LogP contribution is 2.25. The van der Waals surface area contributed by atoms with Gasteiger partial charge in [-0.25, -0.2) is 0 Å². The monoisotopic (exact) mass is 328 g/mol. The third kappa shape index (κ3) is 6.59. The Hall–Kier alpha value is -1.07. The van der Waals surface area contributed by atoms with Gasteiger partial charge in [0.1, 0.15) is 5.75 Å². The second-order valence-corrected chi connectivity index (χ2v) is 5.82. The van der Waals surface area contributed by atoms with Crippen LogP contribution in [0.4, 0.5) is 5.69 Å². The Labute approximate surface area is 122 Å². The minimum absolute atomic E-state index is 0.0353. The van der Waals surface area contributed by atoms with Crippen LogP contribution in [0.5, 0.6) is 5.75 Å². The van der Waals surface area contributed by atoms with Crippen molar-refractivity contribution in [1.82, 2.24) is 0 Å². The van der Waals surface area contributed by atoms with E-state index in [0.717, 1.165) is 15.9 Å². The number of hydrogen-bond donors (Lipinski definition) is 2. The summed E-state index contributed by atoms with van der Waals surface area (Å²) in [6.07, 6.45) is 1.19. The van der Waals surface area contributed by atoms with Crippen LogP contribution >= 0.6 is 15.9 Å². The van der Waals surface area contributed by atoms with Crippen LogP contribution in [-0.2, 0) is 4.79 Å². The van der Waals surface area contributed by atoms with Crippen molar-refractivity contribution in [3.63, 3.8) is 0 Å². The summed E-state index contributed by atoms with van der Waals surface area (Å²) in [6, 6.07) is 5.57. The van der Waals surface area contributed by atoms with Gasteiger partial charge in [0.05, 0.1) is 6.10 Å². The summed E-state index contributed by atoms with van der Waals surface area (Å²) in [5.74, 6) is 0.692. The zero-order valence-electron chi connectivity index (χ0n) is 11.6. The normalized spacial score (nSPS) is 12.3. The third-order valence-electron chi connectivity index (χ3n) is 2.35. The van der Waals surface area contributed by atoms with E-state index in [4.69, 9.17) is 10.5 Å². The molecular formula is C14H21BrN2O2. The molecule has 0 spiro atoms. The zero-order valence-corrected chi connectivity index (χ0v) is 13.2. The molecule has 0 aliphatic carbocycles. The van der Waals surface area contributed by atoms with E-state index >= 15 is 0 Å². The molecule has 1 rings (SSSR count). The van der Waals surface area contributed by atoms with Gasteiger partial charge in [-0.1, -0.05) is 15.9 Å². The van der Waals surface area contributed by atoms with Gasteiger partial charge >= 0.3 is 0 Å². The quantitative estimate of drug-likeness (QED) is 0.842. The van der Waals surface area contributed by atoms with Gasteiger partial charge in [0.15, 0.2) is 0 Å². The number of nitrogens with two attached hydrogens (primary N) is 1. The van der Waals surface area contributed by atoms with E-state index in [9.17, 15) is 4.79 Å². The molecule has 19 heavy (non-hydrogen) atoms. The molecule has 0 aliphatic heterocycles. The molecule has 1 aromatic carbocycles. The Morgan fingerprint density at radius 3 is 2.63 bits per heavy atom. The van der Waals surface area contributed by atoms with Gasteiger partial charge in [0.25, 0.3) is 0 Å². The smallest absolute Gasteiger partial charge is 0.224 e. The fraction of sp³-hybridized carbons (Fsp3) is 0.500. The molecule has 0 saturated carbocycles. The van der Waals surface area contributed by atoms with Crippen molar-refractivity contribution in [3.05, 3.63) is 22.7 Å². The molecule has 1 amide bonds. The predicted octanol–water partition coefficient (Wildman–Crippen LogP) is 3.30. The van der Waals surface area contributed by atoms with Crippen LogP contribution in [0, 0.1) is 0 Å². The van der Waals surface area contributed by atoms with Crippen molar-refractivity contribution >= 4 is 27.5 Å². The van der Waals surface area contributed by atoms with Crippen LogP contribution in [0.3, 0.4) is 0 Å². The molecule has 0 saturated heterocycles. The highest BCUT2D eigenvalue weighted by molar-refractivity contribution is 9.10. The van der Waals surface area contributed by atoms with E-state index in [2.05, 4.69) is 21.2 Å². The van der Waals surface area contributed by atoms with Crippen molar-refractivity contribution in [2.45, 2.75) is 45.8 Å². The van der Waals surface area contributed by atoms with Gasteiger partial charge in [0.2, 0.25) is 5.91 Å². The van der Waals surface area contributed by atoms with Crippen LogP contribution in [0.2, 0.25) is 0 Å². The fourth-order valence-electron chi connectivity index (χ4n) is 1.56. The lowest BCUT2D eigenvalue weighted by atomic mass is 10.2. The maximum atomic E-state index is 11.7. The number of benzene rings is 1. The van der Waals surface area contributed by atoms with Gasteiger partial charge in [-0.15, -0.1) is 0 Å². The van der Waals surface area contributed by atoms with Crippen molar-refractivity contribution in [2.75, 3.05) is 5.32 Å². The van der Waals surface area contributed by atoms with Gasteiger partial charge in [-0.05, 0) is 39.3 Å². The summed E-state index contributed by atoms with van der Waals surface area (Å²) in [4.78, 5) is 11.7. The summed E-state index contributed by atoms with van der Waals surface area (Å²) >= 11 is 3.40. The molecule has 1 atom stereocenters. The lowest BCUT2D eigenvalue weighted by molar-refractivity contribution is -0.116. The van der Waals surface area contributed by atoms with Crippen molar-refractivity contribution in [1.29, 1.82) is 0 Å². The number of amides is 1. The molecule has 1 aromatic rings. The maximum Gasteiger partial charge on any atom is 0.224 e. The van der Waals surface area contributed by atoms with Crippen molar-refractivity contribution < 1.29 is 9.53 Å². The van der Waals surface area contributed by atoms with Gasteiger partial charge in [0, 0.05) is 28.7 Å². The number of carbonyl (C=O) groups excluding carboxylic acids is 1. The molecule has 3 N–H and O–H groups in total. The minimum Gasteiger partial charge on any atom is -0.491 e. The third-order valence-corrected chi connectivity index (χ3v) is 2.81. The second-order valence-electron chi connectivity index (χ2n) is 4.91. The van der Waals surface area contributed by atoms with Crippen molar-refractivity contribution in [2.24, 2.45) is 5.73 Å². The molecule has 0 aliphatic rings. The number of carbonyl (C=O) groups is 1. The molecule has 4 nitrogen and oxygen atoms in total. The molecule has 0 heterocycles. The maximum absolute atomic E-state index is 11.7. The first-order chi connectivity index (χ1) is 8.86. The van der Waals surface area contributed by atoms with E-state index in [1.807, 2.05) is 39.0 Å². The number of anilines is 1. The van der Waals surface area contributed by atoms with Crippen LogP contribution < -0.4 is 15.8 Å².